The van der Waals surface area contributed by atoms with Crippen LogP contribution in [0.4, 0.5) is 5.95 Å². The van der Waals surface area contributed by atoms with Gasteiger partial charge in [0.25, 0.3) is 0 Å². The van der Waals surface area contributed by atoms with Crippen molar-refractivity contribution >= 4 is 17.0 Å². The molecular formula is C14H20N4. The SMILES string of the molecule is Cc1cc(C)c2nc(N3CCCNCC3)[nH]c2c1. The third kappa shape index (κ3) is 2.08. The molecule has 2 N–H and O–H groups in total. The highest BCUT2D eigenvalue weighted by Gasteiger charge is 2.14. The first-order valence-electron chi connectivity index (χ1n) is 6.67. The highest BCUT2D eigenvalue weighted by Crippen LogP contribution is 2.22. The predicted octanol–water partition coefficient (Wildman–Crippen LogP) is 1.98. The Morgan fingerprint density at radius 3 is 2.94 bits per heavy atom. The van der Waals surface area contributed by atoms with E-state index in [0.717, 1.165) is 43.2 Å². The second-order valence-electron chi connectivity index (χ2n) is 5.13. The van der Waals surface area contributed by atoms with E-state index in [4.69, 9.17) is 4.98 Å². The molecule has 1 fully saturated rings. The standard InChI is InChI=1S/C14H20N4/c1-10-8-11(2)13-12(9-10)16-14(17-13)18-6-3-4-15-5-7-18/h8-9,15H,3-7H2,1-2H3,(H,16,17). The molecule has 1 aromatic carbocycles. The third-order valence-corrected chi connectivity index (χ3v) is 3.55. The summed E-state index contributed by atoms with van der Waals surface area (Å²) < 4.78 is 0. The van der Waals surface area contributed by atoms with Gasteiger partial charge in [-0.2, -0.15) is 0 Å². The zero-order valence-electron chi connectivity index (χ0n) is 11.1. The molecule has 0 atom stereocenters. The number of H-pyrrole nitrogens is 1. The van der Waals surface area contributed by atoms with E-state index in [1.54, 1.807) is 0 Å². The van der Waals surface area contributed by atoms with Crippen LogP contribution in [0.15, 0.2) is 12.1 Å². The molecule has 0 radical (unpaired) electrons. The maximum atomic E-state index is 4.76. The van der Waals surface area contributed by atoms with E-state index in [1.807, 2.05) is 0 Å². The first-order valence-corrected chi connectivity index (χ1v) is 6.67. The van der Waals surface area contributed by atoms with Crippen molar-refractivity contribution in [2.75, 3.05) is 31.1 Å². The van der Waals surface area contributed by atoms with Gasteiger partial charge in [0.1, 0.15) is 0 Å². The Morgan fingerprint density at radius 2 is 2.06 bits per heavy atom. The molecule has 1 saturated heterocycles. The monoisotopic (exact) mass is 244 g/mol. The Hall–Kier alpha value is -1.55. The molecule has 0 unspecified atom stereocenters. The Kier molecular flexibility index (Phi) is 2.96. The van der Waals surface area contributed by atoms with Gasteiger partial charge < -0.3 is 15.2 Å². The van der Waals surface area contributed by atoms with E-state index < -0.39 is 0 Å². The van der Waals surface area contributed by atoms with E-state index >= 15 is 0 Å². The highest BCUT2D eigenvalue weighted by molar-refractivity contribution is 5.81. The van der Waals surface area contributed by atoms with Gasteiger partial charge in [0, 0.05) is 19.6 Å². The molecule has 0 spiro atoms. The Balaban J connectivity index is 1.99. The minimum atomic E-state index is 1.02. The van der Waals surface area contributed by atoms with E-state index in [9.17, 15) is 0 Å². The summed E-state index contributed by atoms with van der Waals surface area (Å²) in [5, 5.41) is 3.42. The minimum Gasteiger partial charge on any atom is -0.341 e. The molecule has 3 rings (SSSR count). The van der Waals surface area contributed by atoms with E-state index in [1.165, 1.54) is 17.5 Å². The summed E-state index contributed by atoms with van der Waals surface area (Å²) in [7, 11) is 0. The van der Waals surface area contributed by atoms with Gasteiger partial charge in [-0.25, -0.2) is 4.98 Å². The van der Waals surface area contributed by atoms with Gasteiger partial charge in [-0.3, -0.25) is 0 Å². The van der Waals surface area contributed by atoms with Crippen molar-refractivity contribution in [1.29, 1.82) is 0 Å². The highest BCUT2D eigenvalue weighted by atomic mass is 15.3. The second-order valence-corrected chi connectivity index (χ2v) is 5.13. The molecule has 4 heteroatoms. The zero-order valence-corrected chi connectivity index (χ0v) is 11.1. The average Bonchev–Trinajstić information content (AvgIpc) is 2.59. The lowest BCUT2D eigenvalue weighted by Gasteiger charge is -2.18. The quantitative estimate of drug-likeness (QED) is 0.806. The summed E-state index contributed by atoms with van der Waals surface area (Å²) in [4.78, 5) is 10.6. The summed E-state index contributed by atoms with van der Waals surface area (Å²) >= 11 is 0. The zero-order chi connectivity index (χ0) is 12.5. The van der Waals surface area contributed by atoms with E-state index in [0.29, 0.717) is 0 Å². The van der Waals surface area contributed by atoms with Crippen molar-refractivity contribution < 1.29 is 0 Å². The summed E-state index contributed by atoms with van der Waals surface area (Å²) in [6, 6.07) is 4.37. The van der Waals surface area contributed by atoms with E-state index in [2.05, 4.69) is 41.2 Å². The molecule has 18 heavy (non-hydrogen) atoms. The molecule has 0 aliphatic carbocycles. The summed E-state index contributed by atoms with van der Waals surface area (Å²) in [5.74, 6) is 1.02. The van der Waals surface area contributed by atoms with Crippen molar-refractivity contribution in [2.24, 2.45) is 0 Å². The largest absolute Gasteiger partial charge is 0.341 e. The van der Waals surface area contributed by atoms with Crippen LogP contribution >= 0.6 is 0 Å². The number of benzene rings is 1. The fourth-order valence-corrected chi connectivity index (χ4v) is 2.67. The van der Waals surface area contributed by atoms with Crippen LogP contribution < -0.4 is 10.2 Å². The number of aryl methyl sites for hydroxylation is 2. The molecule has 1 aliphatic rings. The van der Waals surface area contributed by atoms with Gasteiger partial charge in [-0.05, 0) is 44.0 Å². The Bertz CT molecular complexity index is 550. The van der Waals surface area contributed by atoms with Crippen LogP contribution in [0.25, 0.3) is 11.0 Å². The van der Waals surface area contributed by atoms with Gasteiger partial charge in [0.2, 0.25) is 5.95 Å². The van der Waals surface area contributed by atoms with Crippen molar-refractivity contribution in [3.05, 3.63) is 23.3 Å². The molecule has 2 aromatic rings. The number of aromatic nitrogens is 2. The molecule has 1 aliphatic heterocycles. The number of fused-ring (bicyclic) bond motifs is 1. The van der Waals surface area contributed by atoms with Crippen LogP contribution in [0.3, 0.4) is 0 Å². The van der Waals surface area contributed by atoms with Crippen molar-refractivity contribution in [1.82, 2.24) is 15.3 Å². The van der Waals surface area contributed by atoms with Gasteiger partial charge in [-0.1, -0.05) is 6.07 Å². The summed E-state index contributed by atoms with van der Waals surface area (Å²) in [6.45, 7) is 8.50. The topological polar surface area (TPSA) is 44.0 Å². The van der Waals surface area contributed by atoms with Crippen molar-refractivity contribution in [3.63, 3.8) is 0 Å². The Labute approximate surface area is 107 Å². The number of nitrogens with one attached hydrogen (secondary N) is 2. The first-order chi connectivity index (χ1) is 8.74. The van der Waals surface area contributed by atoms with Gasteiger partial charge in [0.15, 0.2) is 0 Å². The number of hydrogen-bond acceptors (Lipinski definition) is 3. The maximum Gasteiger partial charge on any atom is 0.203 e. The van der Waals surface area contributed by atoms with Crippen LogP contribution in [0.1, 0.15) is 17.5 Å². The van der Waals surface area contributed by atoms with Gasteiger partial charge in [0.05, 0.1) is 11.0 Å². The molecule has 96 valence electrons. The molecule has 1 aromatic heterocycles. The Morgan fingerprint density at radius 1 is 1.17 bits per heavy atom. The minimum absolute atomic E-state index is 1.02. The van der Waals surface area contributed by atoms with Gasteiger partial charge in [-0.15, -0.1) is 0 Å². The number of imidazole rings is 1. The molecule has 0 amide bonds. The molecular weight excluding hydrogens is 224 g/mol. The lowest BCUT2D eigenvalue weighted by atomic mass is 10.1. The van der Waals surface area contributed by atoms with Crippen molar-refractivity contribution in [2.45, 2.75) is 20.3 Å². The smallest absolute Gasteiger partial charge is 0.203 e. The van der Waals surface area contributed by atoms with Crippen LogP contribution in [-0.2, 0) is 0 Å². The fourth-order valence-electron chi connectivity index (χ4n) is 2.67. The summed E-state index contributed by atoms with van der Waals surface area (Å²) in [5.41, 5.74) is 4.79. The molecule has 4 nitrogen and oxygen atoms in total. The number of anilines is 1. The van der Waals surface area contributed by atoms with Gasteiger partial charge >= 0.3 is 0 Å². The molecule has 2 heterocycles. The molecule has 0 bridgehead atoms. The van der Waals surface area contributed by atoms with Crippen molar-refractivity contribution in [3.8, 4) is 0 Å². The number of hydrogen-bond donors (Lipinski definition) is 2. The average molecular weight is 244 g/mol. The molecule has 0 saturated carbocycles. The fraction of sp³-hybridized carbons (Fsp3) is 0.500. The second kappa shape index (κ2) is 4.61. The number of aromatic amines is 1. The van der Waals surface area contributed by atoms with Crippen LogP contribution in [-0.4, -0.2) is 36.1 Å². The number of rotatable bonds is 1. The van der Waals surface area contributed by atoms with E-state index in [-0.39, 0.29) is 0 Å². The van der Waals surface area contributed by atoms with Crippen LogP contribution in [0, 0.1) is 13.8 Å². The maximum absolute atomic E-state index is 4.76. The third-order valence-electron chi connectivity index (χ3n) is 3.55. The predicted molar refractivity (Wildman–Crippen MR) is 75.3 cm³/mol. The normalized spacial score (nSPS) is 17.1. The summed E-state index contributed by atoms with van der Waals surface area (Å²) in [6.07, 6.45) is 1.18. The first kappa shape index (κ1) is 11.5. The lowest BCUT2D eigenvalue weighted by Crippen LogP contribution is -2.28. The van der Waals surface area contributed by atoms with Crippen LogP contribution in [0.5, 0.6) is 0 Å². The lowest BCUT2D eigenvalue weighted by molar-refractivity contribution is 0.724. The number of nitrogens with zero attached hydrogens (tertiary/aromatic N) is 2. The van der Waals surface area contributed by atoms with Crippen LogP contribution in [0.2, 0.25) is 0 Å².